The van der Waals surface area contributed by atoms with Gasteiger partial charge < -0.3 is 20.3 Å². The Balaban J connectivity index is 2.56. The second-order valence-corrected chi connectivity index (χ2v) is 3.80. The summed E-state index contributed by atoms with van der Waals surface area (Å²) in [5.74, 6) is -1.42. The Hall–Kier alpha value is -1.60. The van der Waals surface area contributed by atoms with Gasteiger partial charge in [-0.2, -0.15) is 0 Å². The number of hydrogen-bond donors (Lipinski definition) is 3. The minimum Gasteiger partial charge on any atom is -0.495 e. The zero-order valence-electron chi connectivity index (χ0n) is 8.47. The summed E-state index contributed by atoms with van der Waals surface area (Å²) in [4.78, 5) is 22.2. The van der Waals surface area contributed by atoms with Crippen molar-refractivity contribution in [3.8, 4) is 5.75 Å². The fourth-order valence-corrected chi connectivity index (χ4v) is 1.76. The second kappa shape index (κ2) is 5.47. The number of methoxy groups -OCH3 is 1. The van der Waals surface area contributed by atoms with Crippen molar-refractivity contribution < 1.29 is 24.5 Å². The van der Waals surface area contributed by atoms with Gasteiger partial charge in [0.2, 0.25) is 0 Å². The van der Waals surface area contributed by atoms with Crippen molar-refractivity contribution in [1.29, 1.82) is 0 Å². The van der Waals surface area contributed by atoms with E-state index in [0.717, 1.165) is 0 Å². The van der Waals surface area contributed by atoms with Crippen LogP contribution in [0.15, 0.2) is 11.4 Å². The number of hydrogen-bond acceptors (Lipinski definition) is 5. The normalized spacial score (nSPS) is 11.9. The highest BCUT2D eigenvalue weighted by molar-refractivity contribution is 7.12. The third kappa shape index (κ3) is 2.94. The first kappa shape index (κ1) is 12.5. The van der Waals surface area contributed by atoms with Gasteiger partial charge in [-0.3, -0.25) is 4.79 Å². The van der Waals surface area contributed by atoms with Gasteiger partial charge in [-0.05, 0) is 11.4 Å². The van der Waals surface area contributed by atoms with Gasteiger partial charge >= 0.3 is 5.97 Å². The van der Waals surface area contributed by atoms with Gasteiger partial charge in [-0.15, -0.1) is 11.3 Å². The lowest BCUT2D eigenvalue weighted by molar-refractivity contribution is -0.146. The molecule has 0 saturated heterocycles. The van der Waals surface area contributed by atoms with Crippen LogP contribution in [0, 0.1) is 0 Å². The molecule has 1 rings (SSSR count). The maximum Gasteiger partial charge on any atom is 0.334 e. The summed E-state index contributed by atoms with van der Waals surface area (Å²) in [6.45, 7) is -0.338. The fourth-order valence-electron chi connectivity index (χ4n) is 0.981. The molecule has 0 radical (unpaired) electrons. The summed E-state index contributed by atoms with van der Waals surface area (Å²) >= 11 is 1.18. The van der Waals surface area contributed by atoms with E-state index in [1.54, 1.807) is 11.4 Å². The summed E-state index contributed by atoms with van der Waals surface area (Å²) in [7, 11) is 1.44. The van der Waals surface area contributed by atoms with E-state index in [1.165, 1.54) is 18.4 Å². The Morgan fingerprint density at radius 2 is 2.31 bits per heavy atom. The Labute approximate surface area is 95.5 Å². The van der Waals surface area contributed by atoms with E-state index in [1.807, 2.05) is 0 Å². The van der Waals surface area contributed by atoms with Crippen LogP contribution in [0.4, 0.5) is 0 Å². The summed E-state index contributed by atoms with van der Waals surface area (Å²) < 4.78 is 4.93. The molecule has 1 aromatic rings. The number of rotatable bonds is 5. The number of aliphatic carboxylic acids is 1. The van der Waals surface area contributed by atoms with E-state index in [9.17, 15) is 9.59 Å². The molecule has 0 spiro atoms. The first-order valence-electron chi connectivity index (χ1n) is 4.36. The molecule has 88 valence electrons. The molecule has 0 saturated carbocycles. The minimum atomic E-state index is -1.60. The molecule has 6 nitrogen and oxygen atoms in total. The van der Waals surface area contributed by atoms with E-state index in [4.69, 9.17) is 14.9 Å². The Morgan fingerprint density at radius 3 is 2.88 bits per heavy atom. The van der Waals surface area contributed by atoms with Crippen molar-refractivity contribution in [2.24, 2.45) is 0 Å². The molecule has 0 aliphatic carbocycles. The Bertz CT molecular complexity index is 389. The first-order chi connectivity index (χ1) is 7.56. The van der Waals surface area contributed by atoms with Crippen molar-refractivity contribution in [3.63, 3.8) is 0 Å². The van der Waals surface area contributed by atoms with Crippen molar-refractivity contribution in [3.05, 3.63) is 16.3 Å². The minimum absolute atomic E-state index is 0.338. The number of thiophene rings is 1. The zero-order chi connectivity index (χ0) is 12.1. The molecule has 1 aromatic heterocycles. The molecule has 1 amide bonds. The van der Waals surface area contributed by atoms with E-state index >= 15 is 0 Å². The highest BCUT2D eigenvalue weighted by Crippen LogP contribution is 2.23. The quantitative estimate of drug-likeness (QED) is 0.675. The number of carbonyl (C=O) groups excluding carboxylic acids is 1. The Kier molecular flexibility index (Phi) is 4.27. The van der Waals surface area contributed by atoms with Crippen LogP contribution in [0.3, 0.4) is 0 Å². The molecule has 1 heterocycles. The number of nitrogens with one attached hydrogen (secondary N) is 1. The van der Waals surface area contributed by atoms with E-state index < -0.39 is 18.0 Å². The standard InChI is InChI=1S/C9H11NO5S/c1-15-6-2-3-16-7(6)8(12)10-4-5(11)9(13)14/h2-3,5,11H,4H2,1H3,(H,10,12)(H,13,14)/t5-/m0/s1. The van der Waals surface area contributed by atoms with Gasteiger partial charge in [0.15, 0.2) is 6.10 Å². The number of carboxylic acid groups (broad SMARTS) is 1. The number of carboxylic acids is 1. The van der Waals surface area contributed by atoms with Crippen LogP contribution in [-0.4, -0.2) is 41.8 Å². The SMILES string of the molecule is COc1ccsc1C(=O)NC[C@H](O)C(=O)O. The van der Waals surface area contributed by atoms with E-state index in [0.29, 0.717) is 10.6 Å². The smallest absolute Gasteiger partial charge is 0.334 e. The highest BCUT2D eigenvalue weighted by atomic mass is 32.1. The van der Waals surface area contributed by atoms with Crippen LogP contribution >= 0.6 is 11.3 Å². The average Bonchev–Trinajstić information content (AvgIpc) is 2.73. The first-order valence-corrected chi connectivity index (χ1v) is 5.24. The predicted molar refractivity (Wildman–Crippen MR) is 56.8 cm³/mol. The number of aliphatic hydroxyl groups is 1. The topological polar surface area (TPSA) is 95.9 Å². The van der Waals surface area contributed by atoms with Crippen molar-refractivity contribution >= 4 is 23.2 Å². The van der Waals surface area contributed by atoms with Gasteiger partial charge in [0, 0.05) is 0 Å². The number of carbonyl (C=O) groups is 2. The third-order valence-electron chi connectivity index (χ3n) is 1.80. The van der Waals surface area contributed by atoms with Crippen LogP contribution in [0.25, 0.3) is 0 Å². The molecule has 0 aromatic carbocycles. The average molecular weight is 245 g/mol. The number of ether oxygens (including phenoxy) is 1. The fraction of sp³-hybridized carbons (Fsp3) is 0.333. The van der Waals surface area contributed by atoms with Crippen molar-refractivity contribution in [2.75, 3.05) is 13.7 Å². The van der Waals surface area contributed by atoms with Crippen molar-refractivity contribution in [1.82, 2.24) is 5.32 Å². The molecule has 1 atom stereocenters. The maximum atomic E-state index is 11.5. The lowest BCUT2D eigenvalue weighted by Crippen LogP contribution is -2.36. The lowest BCUT2D eigenvalue weighted by Gasteiger charge is -2.07. The van der Waals surface area contributed by atoms with Crippen LogP contribution in [0.1, 0.15) is 9.67 Å². The Morgan fingerprint density at radius 1 is 1.62 bits per heavy atom. The maximum absolute atomic E-state index is 11.5. The van der Waals surface area contributed by atoms with E-state index in [-0.39, 0.29) is 6.54 Å². The molecule has 0 bridgehead atoms. The highest BCUT2D eigenvalue weighted by Gasteiger charge is 2.17. The van der Waals surface area contributed by atoms with Gasteiger partial charge in [-0.1, -0.05) is 0 Å². The van der Waals surface area contributed by atoms with Crippen LogP contribution in [0.5, 0.6) is 5.75 Å². The van der Waals surface area contributed by atoms with Gasteiger partial charge in [0.05, 0.1) is 13.7 Å². The molecular formula is C9H11NO5S. The van der Waals surface area contributed by atoms with Gasteiger partial charge in [0.1, 0.15) is 10.6 Å². The van der Waals surface area contributed by atoms with Crippen LogP contribution in [0.2, 0.25) is 0 Å². The van der Waals surface area contributed by atoms with Crippen LogP contribution < -0.4 is 10.1 Å². The molecule has 3 N–H and O–H groups in total. The summed E-state index contributed by atoms with van der Waals surface area (Å²) in [5, 5.41) is 21.3. The summed E-state index contributed by atoms with van der Waals surface area (Å²) in [6.07, 6.45) is -1.60. The van der Waals surface area contributed by atoms with E-state index in [2.05, 4.69) is 5.32 Å². The van der Waals surface area contributed by atoms with Gasteiger partial charge in [-0.25, -0.2) is 4.79 Å². The number of amides is 1. The molecule has 0 fully saturated rings. The molecule has 0 aliphatic rings. The third-order valence-corrected chi connectivity index (χ3v) is 2.69. The summed E-state index contributed by atoms with van der Waals surface area (Å²) in [5.41, 5.74) is 0. The molecular weight excluding hydrogens is 234 g/mol. The monoisotopic (exact) mass is 245 g/mol. The lowest BCUT2D eigenvalue weighted by atomic mass is 10.3. The van der Waals surface area contributed by atoms with Crippen LogP contribution in [-0.2, 0) is 4.79 Å². The second-order valence-electron chi connectivity index (χ2n) is 2.88. The zero-order valence-corrected chi connectivity index (χ0v) is 9.28. The largest absolute Gasteiger partial charge is 0.495 e. The van der Waals surface area contributed by atoms with Gasteiger partial charge in [0.25, 0.3) is 5.91 Å². The molecule has 16 heavy (non-hydrogen) atoms. The molecule has 0 unspecified atom stereocenters. The predicted octanol–water partition coefficient (Wildman–Crippen LogP) is -0.0680. The molecule has 0 aliphatic heterocycles. The molecule has 7 heteroatoms. The summed E-state index contributed by atoms with van der Waals surface area (Å²) in [6, 6.07) is 1.63. The van der Waals surface area contributed by atoms with Crippen molar-refractivity contribution in [2.45, 2.75) is 6.10 Å². The number of aliphatic hydroxyl groups excluding tert-OH is 1.